The lowest BCUT2D eigenvalue weighted by Gasteiger charge is -2.08. The van der Waals surface area contributed by atoms with Crippen molar-refractivity contribution in [2.75, 3.05) is 0 Å². The van der Waals surface area contributed by atoms with Crippen molar-refractivity contribution in [1.29, 1.82) is 5.26 Å². The van der Waals surface area contributed by atoms with Crippen LogP contribution in [0.15, 0.2) is 82.5 Å². The number of nitrogens with zero attached hydrogens (tertiary/aromatic N) is 4. The molecule has 1 aliphatic rings. The molecule has 0 bridgehead atoms. The molecule has 1 N–H and O–H groups in total. The summed E-state index contributed by atoms with van der Waals surface area (Å²) in [7, 11) is 0. The maximum Gasteiger partial charge on any atom is 0.201 e. The predicted molar refractivity (Wildman–Crippen MR) is 115 cm³/mol. The largest absolute Gasteiger partial charge is 0.494 e. The number of allylic oxidation sites excluding steroid dienone is 1. The summed E-state index contributed by atoms with van der Waals surface area (Å²) in [6, 6.07) is 21.6. The second-order valence-electron chi connectivity index (χ2n) is 7.42. The summed E-state index contributed by atoms with van der Waals surface area (Å²) in [6.45, 7) is 2.09. The second kappa shape index (κ2) is 7.22. The van der Waals surface area contributed by atoms with Gasteiger partial charge in [0.25, 0.3) is 0 Å². The van der Waals surface area contributed by atoms with Gasteiger partial charge in [0.05, 0.1) is 28.3 Å². The van der Waals surface area contributed by atoms with E-state index < -0.39 is 0 Å². The van der Waals surface area contributed by atoms with Crippen molar-refractivity contribution in [1.82, 2.24) is 4.57 Å². The highest BCUT2D eigenvalue weighted by Crippen LogP contribution is 2.38. The summed E-state index contributed by atoms with van der Waals surface area (Å²) in [5.41, 5.74) is 2.70. The van der Waals surface area contributed by atoms with Gasteiger partial charge in [-0.3, -0.25) is 0 Å². The summed E-state index contributed by atoms with van der Waals surface area (Å²) in [5, 5.41) is 23.2. The Balaban J connectivity index is 1.75. The third-order valence-electron chi connectivity index (χ3n) is 5.40. The van der Waals surface area contributed by atoms with Gasteiger partial charge in [0.15, 0.2) is 5.82 Å². The van der Waals surface area contributed by atoms with Crippen LogP contribution in [-0.2, 0) is 6.54 Å². The first-order valence-corrected chi connectivity index (χ1v) is 9.79. The molecule has 0 saturated heterocycles. The highest BCUT2D eigenvalue weighted by atomic mass is 19.1. The van der Waals surface area contributed by atoms with Gasteiger partial charge in [0, 0.05) is 10.9 Å². The minimum absolute atomic E-state index is 0.119. The zero-order chi connectivity index (χ0) is 21.5. The SMILES string of the molecule is Cc1ccc2c(c1)=N/C(=C(/C#N)c1c(O)n(Cc3ccccc3F)c3ccccc13)N=2. The Morgan fingerprint density at radius 3 is 2.58 bits per heavy atom. The lowest BCUT2D eigenvalue weighted by atomic mass is 10.1. The molecule has 0 saturated carbocycles. The van der Waals surface area contributed by atoms with E-state index in [2.05, 4.69) is 16.1 Å². The van der Waals surface area contributed by atoms with E-state index in [1.165, 1.54) is 6.07 Å². The maximum atomic E-state index is 14.3. The average molecular weight is 408 g/mol. The molecule has 31 heavy (non-hydrogen) atoms. The van der Waals surface area contributed by atoms with Gasteiger partial charge in [-0.1, -0.05) is 42.5 Å². The molecule has 0 radical (unpaired) electrons. The van der Waals surface area contributed by atoms with Crippen molar-refractivity contribution < 1.29 is 9.50 Å². The fourth-order valence-corrected chi connectivity index (χ4v) is 3.89. The molecule has 1 aromatic heterocycles. The summed E-state index contributed by atoms with van der Waals surface area (Å²) in [6.07, 6.45) is 0. The van der Waals surface area contributed by atoms with E-state index in [0.29, 0.717) is 32.7 Å². The van der Waals surface area contributed by atoms with E-state index in [4.69, 9.17) is 0 Å². The van der Waals surface area contributed by atoms with Crippen molar-refractivity contribution in [3.05, 3.63) is 106 Å². The van der Waals surface area contributed by atoms with E-state index in [1.807, 2.05) is 49.4 Å². The molecule has 0 spiro atoms. The van der Waals surface area contributed by atoms with Crippen LogP contribution in [0.4, 0.5) is 4.39 Å². The minimum atomic E-state index is -0.355. The molecule has 0 unspecified atom stereocenters. The average Bonchev–Trinajstić information content (AvgIpc) is 3.30. The van der Waals surface area contributed by atoms with E-state index in [9.17, 15) is 14.8 Å². The highest BCUT2D eigenvalue weighted by Gasteiger charge is 2.24. The van der Waals surface area contributed by atoms with Crippen LogP contribution in [0.3, 0.4) is 0 Å². The Labute approximate surface area is 177 Å². The Bertz CT molecular complexity index is 1560. The van der Waals surface area contributed by atoms with Gasteiger partial charge in [0.2, 0.25) is 5.88 Å². The Morgan fingerprint density at radius 1 is 1.03 bits per heavy atom. The smallest absolute Gasteiger partial charge is 0.201 e. The molecule has 5 rings (SSSR count). The highest BCUT2D eigenvalue weighted by molar-refractivity contribution is 6.00. The molecular weight excluding hydrogens is 391 g/mol. The fraction of sp³-hybridized carbons (Fsp3) is 0.0800. The van der Waals surface area contributed by atoms with Gasteiger partial charge in [-0.25, -0.2) is 14.4 Å². The van der Waals surface area contributed by atoms with Gasteiger partial charge in [-0.2, -0.15) is 5.26 Å². The zero-order valence-corrected chi connectivity index (χ0v) is 16.7. The van der Waals surface area contributed by atoms with Gasteiger partial charge >= 0.3 is 0 Å². The van der Waals surface area contributed by atoms with Crippen LogP contribution in [0.5, 0.6) is 5.88 Å². The molecule has 2 heterocycles. The van der Waals surface area contributed by atoms with E-state index in [-0.39, 0.29) is 29.6 Å². The van der Waals surface area contributed by atoms with E-state index >= 15 is 0 Å². The first-order chi connectivity index (χ1) is 15.1. The first kappa shape index (κ1) is 18.8. The molecule has 0 aliphatic carbocycles. The fourth-order valence-electron chi connectivity index (χ4n) is 3.89. The summed E-state index contributed by atoms with van der Waals surface area (Å²) >= 11 is 0. The number of nitriles is 1. The van der Waals surface area contributed by atoms with Gasteiger partial charge < -0.3 is 9.67 Å². The topological polar surface area (TPSA) is 73.7 Å². The Morgan fingerprint density at radius 2 is 1.77 bits per heavy atom. The van der Waals surface area contributed by atoms with Crippen LogP contribution in [0.25, 0.3) is 16.5 Å². The minimum Gasteiger partial charge on any atom is -0.494 e. The molecule has 3 aromatic carbocycles. The molecule has 0 atom stereocenters. The summed E-state index contributed by atoms with van der Waals surface area (Å²) in [4.78, 5) is 9.03. The molecular formula is C25H17FN4O. The first-order valence-electron chi connectivity index (χ1n) is 9.79. The monoisotopic (exact) mass is 408 g/mol. The molecule has 6 heteroatoms. The molecule has 150 valence electrons. The van der Waals surface area contributed by atoms with Crippen molar-refractivity contribution in [2.24, 2.45) is 9.98 Å². The Hall–Kier alpha value is -4.24. The summed E-state index contributed by atoms with van der Waals surface area (Å²) in [5.74, 6) is -0.218. The van der Waals surface area contributed by atoms with Gasteiger partial charge in [0.1, 0.15) is 17.5 Å². The van der Waals surface area contributed by atoms with Gasteiger partial charge in [-0.15, -0.1) is 0 Å². The quantitative estimate of drug-likeness (QED) is 0.521. The van der Waals surface area contributed by atoms with Crippen LogP contribution < -0.4 is 10.7 Å². The van der Waals surface area contributed by atoms with Gasteiger partial charge in [-0.05, 0) is 36.8 Å². The number of aromatic hydroxyl groups is 1. The number of aromatic nitrogens is 1. The van der Waals surface area contributed by atoms with Crippen molar-refractivity contribution in [3.8, 4) is 11.9 Å². The standard InChI is InChI=1S/C25H17FN4O/c1-15-10-11-20-21(12-15)29-24(28-20)18(13-27)23-17-7-3-5-9-22(17)30(25(23)31)14-16-6-2-4-8-19(16)26/h2-12,31H,14H2,1H3/b24-18-. The lowest BCUT2D eigenvalue weighted by Crippen LogP contribution is -2.20. The number of aryl methyl sites for hydroxylation is 1. The van der Waals surface area contributed by atoms with Crippen LogP contribution in [0.2, 0.25) is 0 Å². The normalized spacial score (nSPS) is 14.0. The van der Waals surface area contributed by atoms with Crippen molar-refractivity contribution in [2.45, 2.75) is 13.5 Å². The van der Waals surface area contributed by atoms with Crippen molar-refractivity contribution in [3.63, 3.8) is 0 Å². The second-order valence-corrected chi connectivity index (χ2v) is 7.42. The third kappa shape index (κ3) is 3.08. The van der Waals surface area contributed by atoms with Crippen LogP contribution in [0, 0.1) is 24.1 Å². The number of para-hydroxylation sites is 1. The maximum absolute atomic E-state index is 14.3. The van der Waals surface area contributed by atoms with Crippen molar-refractivity contribution >= 4 is 16.5 Å². The third-order valence-corrected chi connectivity index (χ3v) is 5.40. The number of hydrogen-bond acceptors (Lipinski definition) is 4. The van der Waals surface area contributed by atoms with E-state index in [0.717, 1.165) is 5.56 Å². The number of benzene rings is 3. The number of halogens is 1. The molecule has 4 aromatic rings. The Kier molecular flexibility index (Phi) is 4.37. The molecule has 0 fully saturated rings. The summed E-state index contributed by atoms with van der Waals surface area (Å²) < 4.78 is 15.9. The predicted octanol–water partition coefficient (Wildman–Crippen LogP) is 3.99. The van der Waals surface area contributed by atoms with Crippen LogP contribution in [-0.4, -0.2) is 9.67 Å². The molecule has 5 nitrogen and oxygen atoms in total. The van der Waals surface area contributed by atoms with Crippen LogP contribution in [0.1, 0.15) is 16.7 Å². The molecule has 1 aliphatic heterocycles. The number of rotatable bonds is 3. The van der Waals surface area contributed by atoms with Crippen LogP contribution >= 0.6 is 0 Å². The lowest BCUT2D eigenvalue weighted by molar-refractivity contribution is 0.425. The molecule has 0 amide bonds. The number of fused-ring (bicyclic) bond motifs is 2. The van der Waals surface area contributed by atoms with E-state index in [1.54, 1.807) is 22.8 Å². The zero-order valence-electron chi connectivity index (χ0n) is 16.7. The number of hydrogen-bond donors (Lipinski definition) is 1.